The van der Waals surface area contributed by atoms with Gasteiger partial charge in [-0.05, 0) is 48.9 Å². The van der Waals surface area contributed by atoms with Crippen LogP contribution in [0.15, 0.2) is 47.4 Å². The van der Waals surface area contributed by atoms with Gasteiger partial charge in [0.05, 0.1) is 24.6 Å². The van der Waals surface area contributed by atoms with Gasteiger partial charge >= 0.3 is 0 Å². The van der Waals surface area contributed by atoms with E-state index in [4.69, 9.17) is 9.88 Å². The number of primary sulfonamides is 1. The van der Waals surface area contributed by atoms with Gasteiger partial charge < -0.3 is 10.1 Å². The highest BCUT2D eigenvalue weighted by atomic mass is 32.2. The van der Waals surface area contributed by atoms with Gasteiger partial charge in [0, 0.05) is 6.54 Å². The summed E-state index contributed by atoms with van der Waals surface area (Å²) in [5.41, 5.74) is 1.50. The number of nitrogens with two attached hydrogens (primary N) is 1. The summed E-state index contributed by atoms with van der Waals surface area (Å²) in [5.74, 6) is -0.456. The molecule has 0 radical (unpaired) electrons. The smallest absolute Gasteiger partial charge is 0.238 e. The average Bonchev–Trinajstić information content (AvgIpc) is 2.67. The quantitative estimate of drug-likeness (QED) is 0.644. The van der Waals surface area contributed by atoms with E-state index in [0.717, 1.165) is 11.1 Å². The van der Waals surface area contributed by atoms with Crippen molar-refractivity contribution in [2.75, 3.05) is 20.2 Å². The Morgan fingerprint density at radius 1 is 1.24 bits per heavy atom. The van der Waals surface area contributed by atoms with E-state index in [1.54, 1.807) is 31.2 Å². The Morgan fingerprint density at radius 3 is 2.41 bits per heavy atom. The topological polar surface area (TPSA) is 102 Å². The molecule has 0 aliphatic rings. The number of benzene rings is 2. The van der Waals surface area contributed by atoms with Crippen LogP contribution in [0.25, 0.3) is 0 Å². The SMILES string of the molecule is CCN(CC(=O)N[C@@H](C)c1ccc(S(N)(=O)=O)cc1)Cc1ccc(OC)c(F)c1. The molecule has 2 rings (SSSR count). The first-order chi connectivity index (χ1) is 13.6. The number of methoxy groups -OCH3 is 1. The summed E-state index contributed by atoms with van der Waals surface area (Å²) in [6.45, 7) is 4.89. The molecule has 0 saturated heterocycles. The normalized spacial score (nSPS) is 12.6. The zero-order chi connectivity index (χ0) is 21.6. The third kappa shape index (κ3) is 6.52. The maximum absolute atomic E-state index is 13.9. The van der Waals surface area contributed by atoms with Crippen molar-refractivity contribution in [2.45, 2.75) is 31.3 Å². The van der Waals surface area contributed by atoms with Crippen LogP contribution in [-0.4, -0.2) is 39.4 Å². The van der Waals surface area contributed by atoms with Gasteiger partial charge in [-0.2, -0.15) is 0 Å². The molecular formula is C20H26FN3O4S. The van der Waals surface area contributed by atoms with Gasteiger partial charge in [0.15, 0.2) is 11.6 Å². The van der Waals surface area contributed by atoms with E-state index in [1.807, 2.05) is 11.8 Å². The molecule has 3 N–H and O–H groups in total. The van der Waals surface area contributed by atoms with E-state index < -0.39 is 15.8 Å². The zero-order valence-electron chi connectivity index (χ0n) is 16.7. The maximum atomic E-state index is 13.9. The second kappa shape index (κ2) is 9.82. The summed E-state index contributed by atoms with van der Waals surface area (Å²) in [4.78, 5) is 14.3. The van der Waals surface area contributed by atoms with Crippen LogP contribution in [-0.2, 0) is 21.4 Å². The largest absolute Gasteiger partial charge is 0.494 e. The number of carbonyl (C=O) groups is 1. The number of likely N-dealkylation sites (N-methyl/N-ethyl adjacent to an activating group) is 1. The van der Waals surface area contributed by atoms with Crippen molar-refractivity contribution in [3.8, 4) is 5.75 Å². The second-order valence-electron chi connectivity index (χ2n) is 6.68. The van der Waals surface area contributed by atoms with Crippen molar-refractivity contribution < 1.29 is 22.3 Å². The number of carbonyl (C=O) groups excluding carboxylic acids is 1. The summed E-state index contributed by atoms with van der Waals surface area (Å²) in [5, 5.41) is 7.97. The fourth-order valence-corrected chi connectivity index (χ4v) is 3.38. The van der Waals surface area contributed by atoms with Gasteiger partial charge in [0.2, 0.25) is 15.9 Å². The van der Waals surface area contributed by atoms with Crippen LogP contribution < -0.4 is 15.2 Å². The van der Waals surface area contributed by atoms with Gasteiger partial charge in [0.25, 0.3) is 0 Å². The molecule has 0 saturated carbocycles. The monoisotopic (exact) mass is 423 g/mol. The Balaban J connectivity index is 1.96. The number of sulfonamides is 1. The summed E-state index contributed by atoms with van der Waals surface area (Å²) in [6, 6.07) is 10.5. The molecule has 2 aromatic rings. The third-order valence-corrected chi connectivity index (χ3v) is 5.45. The zero-order valence-corrected chi connectivity index (χ0v) is 17.5. The average molecular weight is 424 g/mol. The summed E-state index contributed by atoms with van der Waals surface area (Å²) in [7, 11) is -2.35. The number of nitrogens with one attached hydrogen (secondary N) is 1. The minimum Gasteiger partial charge on any atom is -0.494 e. The van der Waals surface area contributed by atoms with E-state index >= 15 is 0 Å². The fraction of sp³-hybridized carbons (Fsp3) is 0.350. The minimum absolute atomic E-state index is 0.0173. The number of rotatable bonds is 9. The van der Waals surface area contributed by atoms with Gasteiger partial charge in [-0.3, -0.25) is 9.69 Å². The van der Waals surface area contributed by atoms with Crippen molar-refractivity contribution in [3.63, 3.8) is 0 Å². The highest BCUT2D eigenvalue weighted by molar-refractivity contribution is 7.89. The van der Waals surface area contributed by atoms with E-state index in [0.29, 0.717) is 13.1 Å². The first kappa shape index (κ1) is 22.8. The number of amides is 1. The van der Waals surface area contributed by atoms with E-state index in [-0.39, 0.29) is 29.1 Å². The standard InChI is InChI=1S/C20H26FN3O4S/c1-4-24(12-15-5-10-19(28-3)18(21)11-15)13-20(25)23-14(2)16-6-8-17(9-7-16)29(22,26)27/h5-11,14H,4,12-13H2,1-3H3,(H,23,25)(H2,22,26,27)/t14-/m0/s1. The lowest BCUT2D eigenvalue weighted by molar-refractivity contribution is -0.123. The number of halogens is 1. The minimum atomic E-state index is -3.75. The van der Waals surface area contributed by atoms with Crippen LogP contribution in [0.4, 0.5) is 4.39 Å². The predicted octanol–water partition coefficient (Wildman–Crippen LogP) is 2.18. The van der Waals surface area contributed by atoms with Crippen LogP contribution >= 0.6 is 0 Å². The number of hydrogen-bond acceptors (Lipinski definition) is 5. The highest BCUT2D eigenvalue weighted by Gasteiger charge is 2.15. The van der Waals surface area contributed by atoms with Crippen molar-refractivity contribution in [3.05, 3.63) is 59.4 Å². The third-order valence-electron chi connectivity index (χ3n) is 4.52. The molecule has 0 spiro atoms. The van der Waals surface area contributed by atoms with Crippen molar-refractivity contribution in [2.24, 2.45) is 5.14 Å². The fourth-order valence-electron chi connectivity index (χ4n) is 2.87. The second-order valence-corrected chi connectivity index (χ2v) is 8.24. The van der Waals surface area contributed by atoms with Gasteiger partial charge in [-0.15, -0.1) is 0 Å². The molecule has 9 heteroatoms. The maximum Gasteiger partial charge on any atom is 0.238 e. The highest BCUT2D eigenvalue weighted by Crippen LogP contribution is 2.19. The van der Waals surface area contributed by atoms with Crippen molar-refractivity contribution >= 4 is 15.9 Å². The number of ether oxygens (including phenoxy) is 1. The molecule has 0 bridgehead atoms. The molecule has 0 aliphatic carbocycles. The number of hydrogen-bond donors (Lipinski definition) is 2. The lowest BCUT2D eigenvalue weighted by Crippen LogP contribution is -2.38. The molecule has 158 valence electrons. The summed E-state index contributed by atoms with van der Waals surface area (Å²) >= 11 is 0. The lowest BCUT2D eigenvalue weighted by atomic mass is 10.1. The molecule has 0 heterocycles. The van der Waals surface area contributed by atoms with Crippen molar-refractivity contribution in [1.29, 1.82) is 0 Å². The van der Waals surface area contributed by atoms with Gasteiger partial charge in [-0.1, -0.05) is 25.1 Å². The Hall–Kier alpha value is -2.49. The van der Waals surface area contributed by atoms with E-state index in [2.05, 4.69) is 5.32 Å². The molecule has 0 unspecified atom stereocenters. The predicted molar refractivity (Wildman–Crippen MR) is 108 cm³/mol. The molecule has 2 aromatic carbocycles. The molecule has 7 nitrogen and oxygen atoms in total. The van der Waals surface area contributed by atoms with Crippen LogP contribution in [0.2, 0.25) is 0 Å². The summed E-state index contributed by atoms with van der Waals surface area (Å²) < 4.78 is 41.4. The molecule has 1 atom stereocenters. The molecular weight excluding hydrogens is 397 g/mol. The Bertz CT molecular complexity index is 949. The molecule has 0 aliphatic heterocycles. The van der Waals surface area contributed by atoms with Gasteiger partial charge in [0.1, 0.15) is 0 Å². The molecule has 0 aromatic heterocycles. The van der Waals surface area contributed by atoms with Crippen LogP contribution in [0, 0.1) is 5.82 Å². The summed E-state index contributed by atoms with van der Waals surface area (Å²) in [6.07, 6.45) is 0. The number of nitrogens with zero attached hydrogens (tertiary/aromatic N) is 1. The van der Waals surface area contributed by atoms with Gasteiger partial charge in [-0.25, -0.2) is 17.9 Å². The van der Waals surface area contributed by atoms with E-state index in [1.165, 1.54) is 25.3 Å². The Morgan fingerprint density at radius 2 is 1.90 bits per heavy atom. The molecule has 1 amide bonds. The van der Waals surface area contributed by atoms with Crippen LogP contribution in [0.5, 0.6) is 5.75 Å². The Kier molecular flexibility index (Phi) is 7.72. The van der Waals surface area contributed by atoms with Crippen molar-refractivity contribution in [1.82, 2.24) is 10.2 Å². The van der Waals surface area contributed by atoms with Crippen LogP contribution in [0.1, 0.15) is 31.0 Å². The van der Waals surface area contributed by atoms with E-state index in [9.17, 15) is 17.6 Å². The molecule has 0 fully saturated rings. The molecule has 29 heavy (non-hydrogen) atoms. The first-order valence-corrected chi connectivity index (χ1v) is 10.7. The first-order valence-electron chi connectivity index (χ1n) is 9.11. The lowest BCUT2D eigenvalue weighted by Gasteiger charge is -2.22. The Labute approximate surface area is 170 Å². The van der Waals surface area contributed by atoms with Crippen LogP contribution in [0.3, 0.4) is 0 Å².